The molecule has 0 spiro atoms. The Kier molecular flexibility index (Phi) is 6.33. The molecule has 31 heavy (non-hydrogen) atoms. The first-order valence-corrected chi connectivity index (χ1v) is 10.8. The van der Waals surface area contributed by atoms with Crippen molar-refractivity contribution in [3.05, 3.63) is 90.3 Å². The molecule has 1 aliphatic rings. The van der Waals surface area contributed by atoms with Crippen molar-refractivity contribution in [2.45, 2.75) is 32.9 Å². The smallest absolute Gasteiger partial charge is 0.227 e. The predicted octanol–water partition coefficient (Wildman–Crippen LogP) is 4.96. The lowest BCUT2D eigenvalue weighted by atomic mass is 9.88. The molecule has 1 fully saturated rings. The number of aromatic nitrogens is 1. The molecule has 0 aliphatic carbocycles. The third-order valence-corrected chi connectivity index (χ3v) is 5.86. The molecule has 1 aliphatic heterocycles. The SMILES string of the molecule is CC(NC(=O)C1(C)CCN(Cc2cccc(Oc3ccccc3)c2)C1)c1ccccn1. The van der Waals surface area contributed by atoms with Crippen molar-refractivity contribution in [3.63, 3.8) is 0 Å². The summed E-state index contributed by atoms with van der Waals surface area (Å²) in [5.41, 5.74) is 1.66. The average Bonchev–Trinajstić information content (AvgIpc) is 3.17. The van der Waals surface area contributed by atoms with Crippen LogP contribution in [0, 0.1) is 5.41 Å². The first-order chi connectivity index (χ1) is 15.0. The van der Waals surface area contributed by atoms with Gasteiger partial charge in [0.15, 0.2) is 0 Å². The van der Waals surface area contributed by atoms with E-state index in [1.807, 2.05) is 67.6 Å². The van der Waals surface area contributed by atoms with Gasteiger partial charge in [-0.15, -0.1) is 0 Å². The lowest BCUT2D eigenvalue weighted by molar-refractivity contribution is -0.130. The van der Waals surface area contributed by atoms with Crippen LogP contribution in [0.1, 0.15) is 37.6 Å². The van der Waals surface area contributed by atoms with Gasteiger partial charge in [0, 0.05) is 19.3 Å². The van der Waals surface area contributed by atoms with E-state index < -0.39 is 5.41 Å². The van der Waals surface area contributed by atoms with Crippen molar-refractivity contribution in [2.75, 3.05) is 13.1 Å². The van der Waals surface area contributed by atoms with Gasteiger partial charge in [0.1, 0.15) is 11.5 Å². The lowest BCUT2D eigenvalue weighted by Gasteiger charge is -2.26. The Morgan fingerprint density at radius 1 is 1.10 bits per heavy atom. The Hall–Kier alpha value is -3.18. The van der Waals surface area contributed by atoms with E-state index in [4.69, 9.17) is 4.74 Å². The molecule has 1 amide bonds. The molecule has 160 valence electrons. The highest BCUT2D eigenvalue weighted by Crippen LogP contribution is 2.32. The van der Waals surface area contributed by atoms with E-state index >= 15 is 0 Å². The van der Waals surface area contributed by atoms with E-state index in [1.54, 1.807) is 6.20 Å². The first kappa shape index (κ1) is 21.1. The highest BCUT2D eigenvalue weighted by molar-refractivity contribution is 5.83. The summed E-state index contributed by atoms with van der Waals surface area (Å²) in [6.07, 6.45) is 2.60. The monoisotopic (exact) mass is 415 g/mol. The largest absolute Gasteiger partial charge is 0.457 e. The number of carbonyl (C=O) groups is 1. The van der Waals surface area contributed by atoms with Gasteiger partial charge in [0.2, 0.25) is 5.91 Å². The average molecular weight is 416 g/mol. The Bertz CT molecular complexity index is 1010. The minimum absolute atomic E-state index is 0.0920. The third-order valence-electron chi connectivity index (χ3n) is 5.86. The number of hydrogen-bond acceptors (Lipinski definition) is 4. The zero-order chi connectivity index (χ0) is 21.7. The second kappa shape index (κ2) is 9.31. The number of rotatable bonds is 7. The van der Waals surface area contributed by atoms with Crippen LogP contribution in [0.25, 0.3) is 0 Å². The fourth-order valence-electron chi connectivity index (χ4n) is 4.04. The number of amides is 1. The molecule has 2 aromatic carbocycles. The molecule has 0 saturated carbocycles. The van der Waals surface area contributed by atoms with Crippen LogP contribution < -0.4 is 10.1 Å². The molecular formula is C26H29N3O2. The highest BCUT2D eigenvalue weighted by atomic mass is 16.5. The van der Waals surface area contributed by atoms with E-state index in [0.29, 0.717) is 0 Å². The van der Waals surface area contributed by atoms with Gasteiger partial charge in [-0.3, -0.25) is 14.7 Å². The Labute approximate surface area is 184 Å². The molecule has 2 atom stereocenters. The number of para-hydroxylation sites is 1. The molecule has 3 aromatic rings. The quantitative estimate of drug-likeness (QED) is 0.592. The molecule has 5 heteroatoms. The number of nitrogens with zero attached hydrogens (tertiary/aromatic N) is 2. The molecule has 4 rings (SSSR count). The number of pyridine rings is 1. The van der Waals surface area contributed by atoms with E-state index in [-0.39, 0.29) is 11.9 Å². The minimum Gasteiger partial charge on any atom is -0.457 e. The van der Waals surface area contributed by atoms with Crippen molar-refractivity contribution >= 4 is 5.91 Å². The lowest BCUT2D eigenvalue weighted by Crippen LogP contribution is -2.42. The van der Waals surface area contributed by atoms with Gasteiger partial charge in [0.25, 0.3) is 0 Å². The van der Waals surface area contributed by atoms with Crippen LogP contribution in [0.5, 0.6) is 11.5 Å². The van der Waals surface area contributed by atoms with Crippen molar-refractivity contribution in [1.29, 1.82) is 0 Å². The van der Waals surface area contributed by atoms with E-state index in [9.17, 15) is 4.79 Å². The minimum atomic E-state index is -0.402. The molecule has 1 saturated heterocycles. The third kappa shape index (κ3) is 5.30. The zero-order valence-electron chi connectivity index (χ0n) is 18.1. The van der Waals surface area contributed by atoms with Crippen LogP contribution in [-0.4, -0.2) is 28.9 Å². The standard InChI is InChI=1S/C26H29N3O2/c1-20(24-13-6-7-15-27-24)28-25(30)26(2)14-16-29(19-26)18-21-9-8-12-23(17-21)31-22-10-4-3-5-11-22/h3-13,15,17,20H,14,16,18-19H2,1-2H3,(H,28,30). The van der Waals surface area contributed by atoms with Crippen LogP contribution in [0.3, 0.4) is 0 Å². The van der Waals surface area contributed by atoms with E-state index in [2.05, 4.69) is 34.3 Å². The topological polar surface area (TPSA) is 54.5 Å². The molecular weight excluding hydrogens is 386 g/mol. The molecule has 1 aromatic heterocycles. The summed E-state index contributed by atoms with van der Waals surface area (Å²) in [5, 5.41) is 3.15. The second-order valence-corrected chi connectivity index (χ2v) is 8.53. The summed E-state index contributed by atoms with van der Waals surface area (Å²) in [5.74, 6) is 1.74. The fraction of sp³-hybridized carbons (Fsp3) is 0.308. The Balaban J connectivity index is 1.35. The number of ether oxygens (including phenoxy) is 1. The number of carbonyl (C=O) groups excluding carboxylic acids is 1. The van der Waals surface area contributed by atoms with Gasteiger partial charge in [-0.25, -0.2) is 0 Å². The summed E-state index contributed by atoms with van der Waals surface area (Å²) in [7, 11) is 0. The van der Waals surface area contributed by atoms with Gasteiger partial charge in [0.05, 0.1) is 17.2 Å². The molecule has 2 unspecified atom stereocenters. The van der Waals surface area contributed by atoms with Crippen molar-refractivity contribution in [2.24, 2.45) is 5.41 Å². The number of nitrogens with one attached hydrogen (secondary N) is 1. The summed E-state index contributed by atoms with van der Waals surface area (Å²) in [6, 6.07) is 23.6. The maximum absolute atomic E-state index is 13.0. The molecule has 0 radical (unpaired) electrons. The molecule has 5 nitrogen and oxygen atoms in total. The van der Waals surface area contributed by atoms with Crippen LogP contribution in [0.15, 0.2) is 79.0 Å². The predicted molar refractivity (Wildman–Crippen MR) is 122 cm³/mol. The van der Waals surface area contributed by atoms with Gasteiger partial charge >= 0.3 is 0 Å². The van der Waals surface area contributed by atoms with Crippen molar-refractivity contribution in [1.82, 2.24) is 15.2 Å². The summed E-state index contributed by atoms with van der Waals surface area (Å²) in [4.78, 5) is 19.7. The Morgan fingerprint density at radius 3 is 2.65 bits per heavy atom. The van der Waals surface area contributed by atoms with Crippen LogP contribution in [-0.2, 0) is 11.3 Å². The molecule has 2 heterocycles. The summed E-state index contributed by atoms with van der Waals surface area (Å²) in [6.45, 7) is 6.46. The van der Waals surface area contributed by atoms with Gasteiger partial charge in [-0.2, -0.15) is 0 Å². The summed E-state index contributed by atoms with van der Waals surface area (Å²) < 4.78 is 5.96. The van der Waals surface area contributed by atoms with E-state index in [0.717, 1.165) is 43.2 Å². The van der Waals surface area contributed by atoms with Crippen LogP contribution in [0.4, 0.5) is 0 Å². The number of hydrogen-bond donors (Lipinski definition) is 1. The van der Waals surface area contributed by atoms with Gasteiger partial charge in [-0.1, -0.05) is 36.4 Å². The number of likely N-dealkylation sites (tertiary alicyclic amines) is 1. The van der Waals surface area contributed by atoms with Crippen LogP contribution in [0.2, 0.25) is 0 Å². The zero-order valence-corrected chi connectivity index (χ0v) is 18.1. The number of benzene rings is 2. The van der Waals surface area contributed by atoms with Crippen LogP contribution >= 0.6 is 0 Å². The van der Waals surface area contributed by atoms with E-state index in [1.165, 1.54) is 5.56 Å². The normalized spacial score (nSPS) is 19.7. The maximum Gasteiger partial charge on any atom is 0.227 e. The Morgan fingerprint density at radius 2 is 1.87 bits per heavy atom. The van der Waals surface area contributed by atoms with Crippen molar-refractivity contribution in [3.8, 4) is 11.5 Å². The fourth-order valence-corrected chi connectivity index (χ4v) is 4.04. The van der Waals surface area contributed by atoms with Crippen molar-refractivity contribution < 1.29 is 9.53 Å². The second-order valence-electron chi connectivity index (χ2n) is 8.53. The maximum atomic E-state index is 13.0. The van der Waals surface area contributed by atoms with Gasteiger partial charge < -0.3 is 10.1 Å². The first-order valence-electron chi connectivity index (χ1n) is 10.8. The summed E-state index contributed by atoms with van der Waals surface area (Å²) >= 11 is 0. The highest BCUT2D eigenvalue weighted by Gasteiger charge is 2.40. The molecule has 1 N–H and O–H groups in total. The molecule has 0 bridgehead atoms. The van der Waals surface area contributed by atoms with Gasteiger partial charge in [-0.05, 0) is 68.8 Å².